The molecule has 1 aliphatic carbocycles. The number of methoxy groups -OCH3 is 1. The van der Waals surface area contributed by atoms with Gasteiger partial charge in [0.25, 0.3) is 0 Å². The van der Waals surface area contributed by atoms with Crippen LogP contribution in [0.15, 0.2) is 42.5 Å². The Morgan fingerprint density at radius 3 is 2.56 bits per heavy atom. The predicted molar refractivity (Wildman–Crippen MR) is 101 cm³/mol. The smallest absolute Gasteiger partial charge is 0.340 e. The fourth-order valence-electron chi connectivity index (χ4n) is 3.16. The maximum Gasteiger partial charge on any atom is 0.340 e. The number of pyridine rings is 1. The molecule has 0 bridgehead atoms. The van der Waals surface area contributed by atoms with Crippen molar-refractivity contribution in [2.45, 2.75) is 18.8 Å². The Labute approximate surface area is 155 Å². The third kappa shape index (κ3) is 2.99. The van der Waals surface area contributed by atoms with E-state index in [-0.39, 0.29) is 5.97 Å². The summed E-state index contributed by atoms with van der Waals surface area (Å²) in [5.41, 5.74) is 3.76. The number of ether oxygens (including phenoxy) is 1. The van der Waals surface area contributed by atoms with Gasteiger partial charge in [-0.3, -0.25) is 4.98 Å². The van der Waals surface area contributed by atoms with E-state index in [2.05, 4.69) is 0 Å². The number of esters is 1. The van der Waals surface area contributed by atoms with Crippen LogP contribution in [0.4, 0.5) is 0 Å². The Morgan fingerprint density at radius 2 is 1.88 bits per heavy atom. The van der Waals surface area contributed by atoms with Gasteiger partial charge in [0.2, 0.25) is 0 Å². The number of hydrogen-bond acceptors (Lipinski definition) is 3. The van der Waals surface area contributed by atoms with Gasteiger partial charge in [-0.05, 0) is 48.7 Å². The maximum atomic E-state index is 12.6. The summed E-state index contributed by atoms with van der Waals surface area (Å²) in [5.74, 6) is -0.0848. The average molecular weight is 372 g/mol. The number of halogens is 2. The molecule has 0 atom stereocenters. The van der Waals surface area contributed by atoms with Crippen LogP contribution in [0.1, 0.15) is 34.8 Å². The molecule has 25 heavy (non-hydrogen) atoms. The summed E-state index contributed by atoms with van der Waals surface area (Å²) in [7, 11) is 1.39. The number of nitrogens with zero attached hydrogens (tertiary/aromatic N) is 1. The first-order valence-corrected chi connectivity index (χ1v) is 8.81. The van der Waals surface area contributed by atoms with E-state index >= 15 is 0 Å². The third-order valence-corrected chi connectivity index (χ3v) is 4.91. The molecule has 2 aromatic carbocycles. The van der Waals surface area contributed by atoms with Crippen molar-refractivity contribution in [2.75, 3.05) is 7.11 Å². The van der Waals surface area contributed by atoms with Crippen LogP contribution < -0.4 is 0 Å². The van der Waals surface area contributed by atoms with Gasteiger partial charge in [0.15, 0.2) is 0 Å². The van der Waals surface area contributed by atoms with E-state index in [1.165, 1.54) is 7.11 Å². The van der Waals surface area contributed by atoms with Gasteiger partial charge in [-0.25, -0.2) is 4.79 Å². The van der Waals surface area contributed by atoms with E-state index < -0.39 is 0 Å². The normalized spacial score (nSPS) is 13.9. The first kappa shape index (κ1) is 16.4. The third-order valence-electron chi connectivity index (χ3n) is 4.44. The number of carbonyl (C=O) groups is 1. The van der Waals surface area contributed by atoms with Crippen molar-refractivity contribution in [3.63, 3.8) is 0 Å². The molecule has 0 aliphatic heterocycles. The molecule has 3 aromatic rings. The lowest BCUT2D eigenvalue weighted by atomic mass is 9.93. The molecule has 0 unspecified atom stereocenters. The molecule has 1 saturated carbocycles. The van der Waals surface area contributed by atoms with Crippen molar-refractivity contribution < 1.29 is 9.53 Å². The Hall–Kier alpha value is -2.10. The second-order valence-electron chi connectivity index (χ2n) is 6.18. The fourth-order valence-corrected chi connectivity index (χ4v) is 3.52. The number of hydrogen-bond donors (Lipinski definition) is 0. The number of benzene rings is 2. The van der Waals surface area contributed by atoms with Gasteiger partial charge in [-0.15, -0.1) is 0 Å². The van der Waals surface area contributed by atoms with E-state index in [1.807, 2.05) is 36.4 Å². The van der Waals surface area contributed by atoms with Crippen molar-refractivity contribution in [1.29, 1.82) is 0 Å². The summed E-state index contributed by atoms with van der Waals surface area (Å²) in [6.07, 6.45) is 2.07. The van der Waals surface area contributed by atoms with E-state index in [9.17, 15) is 4.79 Å². The monoisotopic (exact) mass is 371 g/mol. The van der Waals surface area contributed by atoms with Crippen LogP contribution in [0, 0.1) is 0 Å². The minimum Gasteiger partial charge on any atom is -0.465 e. The van der Waals surface area contributed by atoms with Crippen LogP contribution in [-0.4, -0.2) is 18.1 Å². The highest BCUT2D eigenvalue weighted by Gasteiger charge is 2.33. The summed E-state index contributed by atoms with van der Waals surface area (Å²) in [6.45, 7) is 0. The zero-order chi connectivity index (χ0) is 17.6. The van der Waals surface area contributed by atoms with Crippen molar-refractivity contribution in [3.05, 3.63) is 63.8 Å². The van der Waals surface area contributed by atoms with E-state index in [0.29, 0.717) is 21.5 Å². The van der Waals surface area contributed by atoms with Gasteiger partial charge >= 0.3 is 5.97 Å². The molecule has 4 rings (SSSR count). The Bertz CT molecular complexity index is 996. The summed E-state index contributed by atoms with van der Waals surface area (Å²) < 4.78 is 5.08. The minimum absolute atomic E-state index is 0.298. The van der Waals surface area contributed by atoms with Crippen LogP contribution in [-0.2, 0) is 4.74 Å². The predicted octanol–water partition coefficient (Wildman–Crippen LogP) is 5.87. The van der Waals surface area contributed by atoms with Gasteiger partial charge in [0.1, 0.15) is 0 Å². The first-order chi connectivity index (χ1) is 12.1. The van der Waals surface area contributed by atoms with Crippen LogP contribution in [0.3, 0.4) is 0 Å². The standard InChI is InChI=1S/C20H15Cl2NO2/c1-25-20(24)18-17(12-3-2-4-13(21)9-12)15-10-14(22)7-8-16(15)23-19(18)11-5-6-11/h2-4,7-11H,5-6H2,1H3. The SMILES string of the molecule is COC(=O)c1c(C2CC2)nc2ccc(Cl)cc2c1-c1cccc(Cl)c1. The molecule has 5 heteroatoms. The summed E-state index contributed by atoms with van der Waals surface area (Å²) in [4.78, 5) is 17.4. The molecule has 0 radical (unpaired) electrons. The van der Waals surface area contributed by atoms with Gasteiger partial charge < -0.3 is 4.74 Å². The highest BCUT2D eigenvalue weighted by Crippen LogP contribution is 2.45. The highest BCUT2D eigenvalue weighted by atomic mass is 35.5. The Morgan fingerprint density at radius 1 is 1.12 bits per heavy atom. The van der Waals surface area contributed by atoms with Gasteiger partial charge in [-0.2, -0.15) is 0 Å². The molecule has 1 heterocycles. The Balaban J connectivity index is 2.14. The minimum atomic E-state index is -0.383. The summed E-state index contributed by atoms with van der Waals surface area (Å²) in [5, 5.41) is 2.01. The van der Waals surface area contributed by atoms with E-state index in [4.69, 9.17) is 32.9 Å². The maximum absolute atomic E-state index is 12.6. The highest BCUT2D eigenvalue weighted by molar-refractivity contribution is 6.32. The van der Waals surface area contributed by atoms with Crippen LogP contribution >= 0.6 is 23.2 Å². The lowest BCUT2D eigenvalue weighted by Gasteiger charge is -2.16. The molecule has 1 aromatic heterocycles. The molecule has 3 nitrogen and oxygen atoms in total. The van der Waals surface area contributed by atoms with Gasteiger partial charge in [0, 0.05) is 26.9 Å². The number of rotatable bonds is 3. The molecule has 1 aliphatic rings. The van der Waals surface area contributed by atoms with Crippen molar-refractivity contribution in [3.8, 4) is 11.1 Å². The lowest BCUT2D eigenvalue weighted by molar-refractivity contribution is 0.0600. The number of fused-ring (bicyclic) bond motifs is 1. The lowest BCUT2D eigenvalue weighted by Crippen LogP contribution is -2.10. The quantitative estimate of drug-likeness (QED) is 0.540. The van der Waals surface area contributed by atoms with Gasteiger partial charge in [-0.1, -0.05) is 35.3 Å². The fraction of sp³-hybridized carbons (Fsp3) is 0.200. The van der Waals surface area contributed by atoms with Crippen molar-refractivity contribution in [2.24, 2.45) is 0 Å². The zero-order valence-electron chi connectivity index (χ0n) is 13.6. The van der Waals surface area contributed by atoms with Crippen molar-refractivity contribution in [1.82, 2.24) is 4.98 Å². The summed E-state index contributed by atoms with van der Waals surface area (Å²) >= 11 is 12.4. The van der Waals surface area contributed by atoms with E-state index in [1.54, 1.807) is 6.07 Å². The first-order valence-electron chi connectivity index (χ1n) is 8.06. The topological polar surface area (TPSA) is 39.2 Å². The summed E-state index contributed by atoms with van der Waals surface area (Å²) in [6, 6.07) is 13.0. The zero-order valence-corrected chi connectivity index (χ0v) is 15.1. The van der Waals surface area contributed by atoms with Crippen LogP contribution in [0.2, 0.25) is 10.0 Å². The van der Waals surface area contributed by atoms with Crippen molar-refractivity contribution >= 4 is 40.1 Å². The molecule has 0 N–H and O–H groups in total. The Kier molecular flexibility index (Phi) is 4.14. The second kappa shape index (κ2) is 6.32. The van der Waals surface area contributed by atoms with Gasteiger partial charge in [0.05, 0.1) is 23.9 Å². The molecule has 0 saturated heterocycles. The van der Waals surface area contributed by atoms with Crippen LogP contribution in [0.5, 0.6) is 0 Å². The molecular formula is C20H15Cl2NO2. The van der Waals surface area contributed by atoms with Crippen LogP contribution in [0.25, 0.3) is 22.0 Å². The average Bonchev–Trinajstić information content (AvgIpc) is 3.44. The largest absolute Gasteiger partial charge is 0.465 e. The molecule has 0 amide bonds. The second-order valence-corrected chi connectivity index (χ2v) is 7.06. The molecule has 0 spiro atoms. The molecular weight excluding hydrogens is 357 g/mol. The number of aromatic nitrogens is 1. The molecule has 1 fully saturated rings. The molecule has 126 valence electrons. The van der Waals surface area contributed by atoms with E-state index in [0.717, 1.165) is 40.6 Å². The number of carbonyl (C=O) groups excluding carboxylic acids is 1.